The van der Waals surface area contributed by atoms with Gasteiger partial charge in [0, 0.05) is 30.9 Å². The number of benzene rings is 4. The Morgan fingerprint density at radius 1 is 0.891 bits per heavy atom. The molecule has 0 heterocycles. The van der Waals surface area contributed by atoms with Crippen LogP contribution in [-0.4, -0.2) is 47.4 Å². The standard InChI is InChI=1S/C34H37F2N3O6S/c1-34(2,3)45-33(40)37-17-18-39(22-23-9-13-28(43-4)14-10-23)27-8-6-7-26(21-27)38-46(41,42)32-19-24(11-16-31(32)44-5)29-20-25(35)12-15-30(29)36/h6-16,19-21,38H,17-18,22H2,1-5H3,(H,37,40). The molecule has 4 aromatic rings. The summed E-state index contributed by atoms with van der Waals surface area (Å²) in [5.41, 5.74) is 1.30. The summed E-state index contributed by atoms with van der Waals surface area (Å²) in [5, 5.41) is 2.76. The molecule has 0 spiro atoms. The highest BCUT2D eigenvalue weighted by Crippen LogP contribution is 2.33. The van der Waals surface area contributed by atoms with Crippen molar-refractivity contribution in [3.05, 3.63) is 102 Å². The largest absolute Gasteiger partial charge is 0.497 e. The van der Waals surface area contributed by atoms with Crippen LogP contribution in [0.4, 0.5) is 25.0 Å². The number of methoxy groups -OCH3 is 2. The van der Waals surface area contributed by atoms with Crippen molar-refractivity contribution in [3.63, 3.8) is 0 Å². The molecule has 1 amide bonds. The van der Waals surface area contributed by atoms with E-state index in [4.69, 9.17) is 14.2 Å². The minimum Gasteiger partial charge on any atom is -0.497 e. The number of halogens is 2. The Hall–Kier alpha value is -4.84. The summed E-state index contributed by atoms with van der Waals surface area (Å²) in [6.45, 7) is 6.39. The van der Waals surface area contributed by atoms with Gasteiger partial charge < -0.3 is 24.4 Å². The lowest BCUT2D eigenvalue weighted by atomic mass is 10.0. The lowest BCUT2D eigenvalue weighted by Crippen LogP contribution is -2.38. The van der Waals surface area contributed by atoms with Crippen molar-refractivity contribution in [2.75, 3.05) is 36.9 Å². The molecule has 4 rings (SSSR count). The van der Waals surface area contributed by atoms with Crippen LogP contribution in [0.15, 0.2) is 89.8 Å². The minimum atomic E-state index is -4.26. The number of rotatable bonds is 12. The van der Waals surface area contributed by atoms with Gasteiger partial charge in [-0.2, -0.15) is 0 Å². The highest BCUT2D eigenvalue weighted by molar-refractivity contribution is 7.92. The molecule has 0 bridgehead atoms. The van der Waals surface area contributed by atoms with Gasteiger partial charge in [0.15, 0.2) is 0 Å². The highest BCUT2D eigenvalue weighted by atomic mass is 32.2. The lowest BCUT2D eigenvalue weighted by Gasteiger charge is -2.26. The smallest absolute Gasteiger partial charge is 0.407 e. The molecule has 9 nitrogen and oxygen atoms in total. The van der Waals surface area contributed by atoms with Gasteiger partial charge in [-0.25, -0.2) is 22.0 Å². The van der Waals surface area contributed by atoms with Gasteiger partial charge in [0.25, 0.3) is 10.0 Å². The number of amides is 1. The Labute approximate surface area is 268 Å². The number of ether oxygens (including phenoxy) is 3. The van der Waals surface area contributed by atoms with Crippen molar-refractivity contribution in [3.8, 4) is 22.6 Å². The third-order valence-electron chi connectivity index (χ3n) is 6.74. The van der Waals surface area contributed by atoms with Crippen LogP contribution in [-0.2, 0) is 21.3 Å². The Morgan fingerprint density at radius 3 is 2.30 bits per heavy atom. The zero-order valence-corrected chi connectivity index (χ0v) is 27.1. The second-order valence-electron chi connectivity index (χ2n) is 11.3. The van der Waals surface area contributed by atoms with Gasteiger partial charge >= 0.3 is 6.09 Å². The first-order chi connectivity index (χ1) is 21.8. The Morgan fingerprint density at radius 2 is 1.63 bits per heavy atom. The van der Waals surface area contributed by atoms with E-state index in [-0.39, 0.29) is 34.0 Å². The summed E-state index contributed by atoms with van der Waals surface area (Å²) in [6, 6.07) is 21.3. The first-order valence-corrected chi connectivity index (χ1v) is 15.9. The number of carbonyl (C=O) groups excluding carboxylic acids is 1. The van der Waals surface area contributed by atoms with Crippen molar-refractivity contribution >= 4 is 27.5 Å². The summed E-state index contributed by atoms with van der Waals surface area (Å²) in [4.78, 5) is 14.0. The van der Waals surface area contributed by atoms with Crippen molar-refractivity contribution in [2.45, 2.75) is 37.8 Å². The van der Waals surface area contributed by atoms with Crippen LogP contribution >= 0.6 is 0 Å². The van der Waals surface area contributed by atoms with Crippen LogP contribution in [0.2, 0.25) is 0 Å². The quantitative estimate of drug-likeness (QED) is 0.170. The number of carbonyl (C=O) groups is 1. The van der Waals surface area contributed by atoms with Crippen molar-refractivity contribution < 1.29 is 36.2 Å². The SMILES string of the molecule is COc1ccc(CN(CCNC(=O)OC(C)(C)C)c2cccc(NS(=O)(=O)c3cc(-c4cc(F)ccc4F)ccc3OC)c2)cc1. The predicted molar refractivity (Wildman–Crippen MR) is 174 cm³/mol. The third kappa shape index (κ3) is 9.10. The van der Waals surface area contributed by atoms with Crippen LogP contribution in [0, 0.1) is 11.6 Å². The molecule has 0 saturated carbocycles. The topological polar surface area (TPSA) is 106 Å². The molecule has 0 radical (unpaired) electrons. The Kier molecular flexibility index (Phi) is 10.7. The lowest BCUT2D eigenvalue weighted by molar-refractivity contribution is 0.0529. The van der Waals surface area contributed by atoms with Gasteiger partial charge in [0.05, 0.1) is 19.9 Å². The number of sulfonamides is 1. The summed E-state index contributed by atoms with van der Waals surface area (Å²) >= 11 is 0. The van der Waals surface area contributed by atoms with Gasteiger partial charge in [-0.1, -0.05) is 24.3 Å². The molecular formula is C34H37F2N3O6S. The molecule has 0 unspecified atom stereocenters. The average Bonchev–Trinajstić information content (AvgIpc) is 3.01. The molecule has 0 aromatic heterocycles. The number of nitrogens with one attached hydrogen (secondary N) is 2. The van der Waals surface area contributed by atoms with E-state index in [0.29, 0.717) is 24.5 Å². The van der Waals surface area contributed by atoms with E-state index < -0.39 is 33.4 Å². The van der Waals surface area contributed by atoms with E-state index in [1.807, 2.05) is 35.2 Å². The van der Waals surface area contributed by atoms with Crippen LogP contribution in [0.5, 0.6) is 11.5 Å². The fraction of sp³-hybridized carbons (Fsp3) is 0.265. The molecule has 12 heteroatoms. The second-order valence-corrected chi connectivity index (χ2v) is 13.0. The highest BCUT2D eigenvalue weighted by Gasteiger charge is 2.23. The van der Waals surface area contributed by atoms with E-state index in [1.54, 1.807) is 46.1 Å². The van der Waals surface area contributed by atoms with Crippen LogP contribution in [0.3, 0.4) is 0 Å². The fourth-order valence-corrected chi connectivity index (χ4v) is 5.85. The average molecular weight is 654 g/mol. The van der Waals surface area contributed by atoms with E-state index in [9.17, 15) is 22.0 Å². The molecule has 0 aliphatic heterocycles. The van der Waals surface area contributed by atoms with Gasteiger partial charge in [0.2, 0.25) is 0 Å². The van der Waals surface area contributed by atoms with Crippen molar-refractivity contribution in [2.24, 2.45) is 0 Å². The summed E-state index contributed by atoms with van der Waals surface area (Å²) in [6.07, 6.45) is -0.548. The number of anilines is 2. The molecule has 0 aliphatic carbocycles. The van der Waals surface area contributed by atoms with Crippen LogP contribution in [0.1, 0.15) is 26.3 Å². The van der Waals surface area contributed by atoms with Crippen molar-refractivity contribution in [1.29, 1.82) is 0 Å². The molecule has 0 aliphatic rings. The molecule has 0 fully saturated rings. The number of hydrogen-bond donors (Lipinski definition) is 2. The maximum absolute atomic E-state index is 14.5. The summed E-state index contributed by atoms with van der Waals surface area (Å²) in [7, 11) is -1.36. The fourth-order valence-electron chi connectivity index (χ4n) is 4.61. The third-order valence-corrected chi connectivity index (χ3v) is 8.14. The zero-order valence-electron chi connectivity index (χ0n) is 26.3. The maximum Gasteiger partial charge on any atom is 0.407 e. The Bertz CT molecular complexity index is 1780. The second kappa shape index (κ2) is 14.5. The van der Waals surface area contributed by atoms with Crippen LogP contribution in [0.25, 0.3) is 11.1 Å². The van der Waals surface area contributed by atoms with E-state index in [1.165, 1.54) is 25.3 Å². The molecule has 4 aromatic carbocycles. The normalized spacial score (nSPS) is 11.5. The van der Waals surface area contributed by atoms with Gasteiger partial charge in [-0.3, -0.25) is 4.72 Å². The molecule has 46 heavy (non-hydrogen) atoms. The van der Waals surface area contributed by atoms with Crippen LogP contribution < -0.4 is 24.4 Å². The Balaban J connectivity index is 1.61. The molecular weight excluding hydrogens is 616 g/mol. The molecule has 0 saturated heterocycles. The molecule has 0 atom stereocenters. The number of hydrogen-bond acceptors (Lipinski definition) is 7. The van der Waals surface area contributed by atoms with E-state index in [2.05, 4.69) is 10.0 Å². The minimum absolute atomic E-state index is 0.0264. The first kappa shape index (κ1) is 34.0. The van der Waals surface area contributed by atoms with Gasteiger partial charge in [-0.05, 0) is 92.6 Å². The first-order valence-electron chi connectivity index (χ1n) is 14.4. The van der Waals surface area contributed by atoms with E-state index >= 15 is 0 Å². The monoisotopic (exact) mass is 653 g/mol. The number of alkyl carbamates (subject to hydrolysis) is 1. The van der Waals surface area contributed by atoms with Gasteiger partial charge in [0.1, 0.15) is 33.6 Å². The predicted octanol–water partition coefficient (Wildman–Crippen LogP) is 6.98. The van der Waals surface area contributed by atoms with Gasteiger partial charge in [-0.15, -0.1) is 0 Å². The summed E-state index contributed by atoms with van der Waals surface area (Å²) < 4.78 is 74.2. The zero-order chi connectivity index (χ0) is 33.5. The summed E-state index contributed by atoms with van der Waals surface area (Å²) in [5.74, 6) is -0.628. The molecule has 2 N–H and O–H groups in total. The maximum atomic E-state index is 14.5. The molecule has 244 valence electrons. The number of nitrogens with zero attached hydrogens (tertiary/aromatic N) is 1. The van der Waals surface area contributed by atoms with E-state index in [0.717, 1.165) is 23.8 Å². The van der Waals surface area contributed by atoms with Crippen molar-refractivity contribution in [1.82, 2.24) is 5.32 Å².